The van der Waals surface area contributed by atoms with Gasteiger partial charge in [-0.15, -0.1) is 0 Å². The minimum Gasteiger partial charge on any atom is -0.392 e. The highest BCUT2D eigenvalue weighted by Crippen LogP contribution is 2.27. The summed E-state index contributed by atoms with van der Waals surface area (Å²) in [6.07, 6.45) is 2.81. The minimum atomic E-state index is -0.944. The van der Waals surface area contributed by atoms with E-state index in [2.05, 4.69) is 5.32 Å². The van der Waals surface area contributed by atoms with Crippen molar-refractivity contribution >= 4 is 45.5 Å². The fourth-order valence-electron chi connectivity index (χ4n) is 3.36. The van der Waals surface area contributed by atoms with Gasteiger partial charge >= 0.3 is 11.9 Å². The van der Waals surface area contributed by atoms with Gasteiger partial charge in [-0.25, -0.2) is 4.79 Å². The fraction of sp³-hybridized carbons (Fsp3) is 0.400. The van der Waals surface area contributed by atoms with Gasteiger partial charge < -0.3 is 14.6 Å². The van der Waals surface area contributed by atoms with Crippen molar-refractivity contribution in [3.05, 3.63) is 36.0 Å². The first kappa shape index (κ1) is 20.3. The minimum absolute atomic E-state index is 0.282. The molecule has 0 amide bonds. The molecule has 0 saturated carbocycles. The standard InChI is InChI=1S/C20H22N2O5S/c1-12(23)28-17(10-18(24)27-20(26)15-7-5-9-21-15)19(25)14-11-22(2)16-8-4-3-6-13(14)16/h3-4,6,8,11,15,17,21H,5,7,9-10H2,1-2H3/t15-,17?/m0/s1. The highest BCUT2D eigenvalue weighted by Gasteiger charge is 2.31. The molecule has 0 bridgehead atoms. The second kappa shape index (κ2) is 8.70. The number of hydrogen-bond acceptors (Lipinski definition) is 7. The quantitative estimate of drug-likeness (QED) is 0.450. The van der Waals surface area contributed by atoms with Crippen LogP contribution in [0.15, 0.2) is 30.5 Å². The number of aryl methyl sites for hydroxylation is 1. The maximum Gasteiger partial charge on any atom is 0.330 e. The second-order valence-electron chi connectivity index (χ2n) is 6.78. The van der Waals surface area contributed by atoms with Crippen LogP contribution in [0.1, 0.15) is 36.5 Å². The lowest BCUT2D eigenvalue weighted by atomic mass is 10.1. The molecule has 0 spiro atoms. The number of esters is 2. The molecule has 0 aliphatic carbocycles. The van der Waals surface area contributed by atoms with E-state index in [1.807, 2.05) is 35.9 Å². The lowest BCUT2D eigenvalue weighted by Crippen LogP contribution is -2.35. The lowest BCUT2D eigenvalue weighted by molar-refractivity contribution is -0.160. The van der Waals surface area contributed by atoms with Crippen LogP contribution in [0.5, 0.6) is 0 Å². The SMILES string of the molecule is CC(=O)SC(CC(=O)OC(=O)[C@@H]1CCCN1)C(=O)c1cn(C)c2ccccc12. The Morgan fingerprint density at radius 2 is 2.04 bits per heavy atom. The lowest BCUT2D eigenvalue weighted by Gasteiger charge is -2.14. The summed E-state index contributed by atoms with van der Waals surface area (Å²) >= 11 is 0.783. The smallest absolute Gasteiger partial charge is 0.330 e. The van der Waals surface area contributed by atoms with E-state index >= 15 is 0 Å². The van der Waals surface area contributed by atoms with Crippen molar-refractivity contribution in [1.82, 2.24) is 9.88 Å². The van der Waals surface area contributed by atoms with Crippen LogP contribution >= 0.6 is 11.8 Å². The molecule has 0 radical (unpaired) electrons. The summed E-state index contributed by atoms with van der Waals surface area (Å²) < 4.78 is 6.73. The van der Waals surface area contributed by atoms with E-state index in [1.54, 1.807) is 6.20 Å². The number of aromatic nitrogens is 1. The van der Waals surface area contributed by atoms with Crippen LogP contribution in [0, 0.1) is 0 Å². The van der Waals surface area contributed by atoms with E-state index in [1.165, 1.54) is 6.92 Å². The maximum atomic E-state index is 13.1. The van der Waals surface area contributed by atoms with Crippen LogP contribution in [0.3, 0.4) is 0 Å². The number of benzene rings is 1. The molecule has 148 valence electrons. The number of fused-ring (bicyclic) bond motifs is 1. The third kappa shape index (κ3) is 4.51. The molecule has 2 heterocycles. The predicted molar refractivity (Wildman–Crippen MR) is 106 cm³/mol. The van der Waals surface area contributed by atoms with E-state index in [4.69, 9.17) is 4.74 Å². The van der Waals surface area contributed by atoms with Crippen molar-refractivity contribution in [2.75, 3.05) is 6.54 Å². The number of nitrogens with one attached hydrogen (secondary N) is 1. The first-order chi connectivity index (χ1) is 13.4. The van der Waals surface area contributed by atoms with Crippen molar-refractivity contribution in [1.29, 1.82) is 0 Å². The van der Waals surface area contributed by atoms with E-state index in [9.17, 15) is 19.2 Å². The number of para-hydroxylation sites is 1. The van der Waals surface area contributed by atoms with E-state index in [-0.39, 0.29) is 17.3 Å². The van der Waals surface area contributed by atoms with Crippen molar-refractivity contribution < 1.29 is 23.9 Å². The number of rotatable bonds is 6. The molecule has 1 saturated heterocycles. The van der Waals surface area contributed by atoms with Crippen molar-refractivity contribution in [3.63, 3.8) is 0 Å². The monoisotopic (exact) mass is 402 g/mol. The van der Waals surface area contributed by atoms with Crippen LogP contribution in [0.4, 0.5) is 0 Å². The predicted octanol–water partition coefficient (Wildman–Crippen LogP) is 2.22. The van der Waals surface area contributed by atoms with Crippen molar-refractivity contribution in [2.45, 2.75) is 37.5 Å². The van der Waals surface area contributed by atoms with Gasteiger partial charge in [-0.3, -0.25) is 14.4 Å². The third-order valence-electron chi connectivity index (χ3n) is 4.67. The topological polar surface area (TPSA) is 94.5 Å². The number of ether oxygens (including phenoxy) is 1. The van der Waals surface area contributed by atoms with Gasteiger partial charge in [-0.1, -0.05) is 30.0 Å². The Kier molecular flexibility index (Phi) is 6.31. The normalized spacial score (nSPS) is 17.4. The van der Waals surface area contributed by atoms with Crippen LogP contribution in [-0.4, -0.2) is 45.2 Å². The first-order valence-electron chi connectivity index (χ1n) is 9.10. The average Bonchev–Trinajstić information content (AvgIpc) is 3.29. The fourth-order valence-corrected chi connectivity index (χ4v) is 4.22. The summed E-state index contributed by atoms with van der Waals surface area (Å²) in [5.74, 6) is -1.77. The summed E-state index contributed by atoms with van der Waals surface area (Å²) in [6.45, 7) is 2.04. The molecule has 28 heavy (non-hydrogen) atoms. The molecule has 1 aliphatic rings. The Morgan fingerprint density at radius 3 is 2.71 bits per heavy atom. The van der Waals surface area contributed by atoms with Crippen molar-refractivity contribution in [2.24, 2.45) is 7.05 Å². The van der Waals surface area contributed by atoms with Gasteiger partial charge in [0.05, 0.1) is 11.7 Å². The molecule has 1 aromatic heterocycles. The molecule has 1 aromatic carbocycles. The van der Waals surface area contributed by atoms with Gasteiger partial charge in [-0.2, -0.15) is 0 Å². The molecular formula is C20H22N2O5S. The number of hydrogen-bond donors (Lipinski definition) is 1. The average molecular weight is 402 g/mol. The maximum absolute atomic E-state index is 13.1. The number of nitrogens with zero attached hydrogens (tertiary/aromatic N) is 1. The Bertz CT molecular complexity index is 930. The Morgan fingerprint density at radius 1 is 1.29 bits per heavy atom. The molecule has 2 aromatic rings. The van der Waals surface area contributed by atoms with Crippen LogP contribution in [0.2, 0.25) is 0 Å². The highest BCUT2D eigenvalue weighted by molar-refractivity contribution is 8.14. The highest BCUT2D eigenvalue weighted by atomic mass is 32.2. The Balaban J connectivity index is 1.77. The molecule has 3 rings (SSSR count). The number of carbonyl (C=O) groups excluding carboxylic acids is 4. The summed E-state index contributed by atoms with van der Waals surface area (Å²) in [6, 6.07) is 6.93. The Labute approximate surface area is 166 Å². The molecule has 2 atom stereocenters. The molecule has 1 N–H and O–H groups in total. The zero-order chi connectivity index (χ0) is 20.3. The van der Waals surface area contributed by atoms with Gasteiger partial charge in [0.1, 0.15) is 6.04 Å². The number of Topliss-reactive ketones (excluding diaryl/α,β-unsaturated/α-hetero) is 1. The zero-order valence-electron chi connectivity index (χ0n) is 15.8. The van der Waals surface area contributed by atoms with Crippen molar-refractivity contribution in [3.8, 4) is 0 Å². The summed E-state index contributed by atoms with van der Waals surface area (Å²) in [5, 5.41) is 2.49. The van der Waals surface area contributed by atoms with E-state index < -0.39 is 23.2 Å². The van der Waals surface area contributed by atoms with Crippen LogP contribution in [0.25, 0.3) is 10.9 Å². The number of carbonyl (C=O) groups is 4. The van der Waals surface area contributed by atoms with Crippen LogP contribution in [-0.2, 0) is 26.2 Å². The molecule has 1 fully saturated rings. The van der Waals surface area contributed by atoms with E-state index in [0.29, 0.717) is 18.5 Å². The van der Waals surface area contributed by atoms with Gasteiger partial charge in [0.15, 0.2) is 10.9 Å². The number of thioether (sulfide) groups is 1. The summed E-state index contributed by atoms with van der Waals surface area (Å²) in [5.41, 5.74) is 1.32. The third-order valence-corrected chi connectivity index (χ3v) is 5.67. The van der Waals surface area contributed by atoms with Gasteiger partial charge in [-0.05, 0) is 25.5 Å². The molecular weight excluding hydrogens is 380 g/mol. The van der Waals surface area contributed by atoms with E-state index in [0.717, 1.165) is 29.1 Å². The Hall–Kier alpha value is -2.45. The van der Waals surface area contributed by atoms with Gasteiger partial charge in [0, 0.05) is 36.6 Å². The summed E-state index contributed by atoms with van der Waals surface area (Å²) in [7, 11) is 1.83. The molecule has 1 aliphatic heterocycles. The first-order valence-corrected chi connectivity index (χ1v) is 9.98. The van der Waals surface area contributed by atoms with Gasteiger partial charge in [0.2, 0.25) is 0 Å². The largest absolute Gasteiger partial charge is 0.392 e. The second-order valence-corrected chi connectivity index (χ2v) is 8.16. The van der Waals surface area contributed by atoms with Crippen LogP contribution < -0.4 is 5.32 Å². The number of ketones is 1. The summed E-state index contributed by atoms with van der Waals surface area (Å²) in [4.78, 5) is 49.0. The van der Waals surface area contributed by atoms with Gasteiger partial charge in [0.25, 0.3) is 0 Å². The molecule has 1 unspecified atom stereocenters. The zero-order valence-corrected chi connectivity index (χ0v) is 16.6. The molecule has 8 heteroatoms. The molecule has 7 nitrogen and oxygen atoms in total.